The fourth-order valence-corrected chi connectivity index (χ4v) is 9.42. The summed E-state index contributed by atoms with van der Waals surface area (Å²) in [6.07, 6.45) is 0.983. The lowest BCUT2D eigenvalue weighted by Gasteiger charge is -2.31. The molecule has 1 aromatic heterocycles. The Balaban J connectivity index is 1.03. The van der Waals surface area contributed by atoms with Crippen LogP contribution in [0.15, 0.2) is 78.9 Å². The van der Waals surface area contributed by atoms with Crippen molar-refractivity contribution in [2.75, 3.05) is 50.6 Å². The number of benzene rings is 4. The highest BCUT2D eigenvalue weighted by Crippen LogP contribution is 2.46. The molecule has 1 fully saturated rings. The van der Waals surface area contributed by atoms with E-state index in [1.807, 2.05) is 77.2 Å². The number of aromatic nitrogens is 1. The van der Waals surface area contributed by atoms with Gasteiger partial charge in [0, 0.05) is 97.6 Å². The van der Waals surface area contributed by atoms with Crippen LogP contribution in [0, 0.1) is 17.8 Å². The van der Waals surface area contributed by atoms with Gasteiger partial charge >= 0.3 is 6.09 Å². The molecule has 5 aromatic rings. The number of aromatic amines is 1. The Morgan fingerprint density at radius 1 is 0.815 bits per heavy atom. The van der Waals surface area contributed by atoms with Crippen LogP contribution < -0.4 is 15.0 Å². The van der Waals surface area contributed by atoms with E-state index in [1.54, 1.807) is 46.2 Å². The zero-order valence-corrected chi connectivity index (χ0v) is 39.0. The third-order valence-electron chi connectivity index (χ3n) is 12.5. The molecule has 7 rings (SSSR count). The molecule has 0 unspecified atom stereocenters. The molecule has 0 saturated carbocycles. The molecule has 0 bridgehead atoms. The lowest BCUT2D eigenvalue weighted by Crippen LogP contribution is -2.48. The van der Waals surface area contributed by atoms with Gasteiger partial charge in [0.15, 0.2) is 11.6 Å². The van der Waals surface area contributed by atoms with Gasteiger partial charge in [-0.1, -0.05) is 82.3 Å². The minimum atomic E-state index is -0.685. The molecular weight excluding hydrogens is 842 g/mol. The van der Waals surface area contributed by atoms with E-state index in [0.717, 1.165) is 51.5 Å². The average molecular weight is 903 g/mol. The molecule has 65 heavy (non-hydrogen) atoms. The fraction of sp³-hybridized carbons (Fsp3) is 0.423. The summed E-state index contributed by atoms with van der Waals surface area (Å²) in [5, 5.41) is 5.41. The molecule has 12 nitrogen and oxygen atoms in total. The summed E-state index contributed by atoms with van der Waals surface area (Å²) in [4.78, 5) is 88.9. The summed E-state index contributed by atoms with van der Waals surface area (Å²) in [6.45, 7) is 12.5. The van der Waals surface area contributed by atoms with Crippen LogP contribution in [0.3, 0.4) is 0 Å². The SMILES string of the molecule is CC(=O)C[C@@H](CC(C)C)C(=O)N[C@@H](CC(C)C)C(=O)Cc1ccc(C(=O)Cc2ccc3[nH]c(C(=O)N4C[C@@H](CCl)c5c4cc(OC(=O)N4CCN(C)CC4)c4ccccc54)cc3c2)cc1. The molecule has 0 aliphatic carbocycles. The molecule has 3 heterocycles. The molecule has 3 amide bonds. The molecule has 2 aliphatic heterocycles. The second-order valence-corrected chi connectivity index (χ2v) is 19.1. The Labute approximate surface area is 386 Å². The van der Waals surface area contributed by atoms with Crippen molar-refractivity contribution >= 4 is 74.2 Å². The number of carbonyl (C=O) groups is 6. The zero-order valence-electron chi connectivity index (χ0n) is 38.2. The van der Waals surface area contributed by atoms with Gasteiger partial charge in [-0.25, -0.2) is 4.79 Å². The fourth-order valence-electron chi connectivity index (χ4n) is 9.17. The normalized spacial score (nSPS) is 16.2. The van der Waals surface area contributed by atoms with Crippen LogP contribution >= 0.6 is 11.6 Å². The van der Waals surface area contributed by atoms with E-state index in [2.05, 4.69) is 15.2 Å². The van der Waals surface area contributed by atoms with Crippen molar-refractivity contribution in [1.82, 2.24) is 20.1 Å². The third kappa shape index (κ3) is 11.2. The zero-order chi connectivity index (χ0) is 46.5. The number of halogens is 1. The minimum Gasteiger partial charge on any atom is -0.409 e. The molecule has 0 spiro atoms. The lowest BCUT2D eigenvalue weighted by molar-refractivity contribution is -0.132. The summed E-state index contributed by atoms with van der Waals surface area (Å²) in [5.41, 5.74) is 4.73. The smallest absolute Gasteiger partial charge is 0.409 e. The number of ketones is 3. The van der Waals surface area contributed by atoms with Crippen LogP contribution in [0.2, 0.25) is 0 Å². The van der Waals surface area contributed by atoms with Gasteiger partial charge in [-0.3, -0.25) is 19.2 Å². The summed E-state index contributed by atoms with van der Waals surface area (Å²) < 4.78 is 6.06. The van der Waals surface area contributed by atoms with Gasteiger partial charge in [-0.05, 0) is 78.9 Å². The van der Waals surface area contributed by atoms with Crippen molar-refractivity contribution in [2.45, 2.75) is 78.7 Å². The van der Waals surface area contributed by atoms with Crippen LogP contribution in [0.25, 0.3) is 21.7 Å². The van der Waals surface area contributed by atoms with Crippen LogP contribution in [-0.2, 0) is 27.2 Å². The first-order valence-electron chi connectivity index (χ1n) is 22.7. The number of amides is 3. The number of nitrogens with one attached hydrogen (secondary N) is 2. The van der Waals surface area contributed by atoms with Gasteiger partial charge in [0.1, 0.15) is 17.2 Å². The predicted octanol–water partition coefficient (Wildman–Crippen LogP) is 8.76. The van der Waals surface area contributed by atoms with Crippen molar-refractivity contribution in [1.29, 1.82) is 0 Å². The number of fused-ring (bicyclic) bond motifs is 4. The van der Waals surface area contributed by atoms with Gasteiger partial charge in [-0.2, -0.15) is 0 Å². The van der Waals surface area contributed by atoms with Crippen LogP contribution in [0.5, 0.6) is 5.75 Å². The van der Waals surface area contributed by atoms with E-state index in [1.165, 1.54) is 6.92 Å². The number of alkyl halides is 1. The molecular formula is C52H60ClN5O7. The average Bonchev–Trinajstić information content (AvgIpc) is 3.87. The molecule has 2 aliphatic rings. The Hall–Kier alpha value is -5.85. The Kier molecular flexibility index (Phi) is 14.9. The number of likely N-dealkylation sites (N-methyl/N-ethyl adjacent to an activating group) is 1. The summed E-state index contributed by atoms with van der Waals surface area (Å²) in [6, 6.07) is 23.3. The number of piperazine rings is 1. The van der Waals surface area contributed by atoms with Crippen LogP contribution in [0.4, 0.5) is 10.5 Å². The number of hydrogen-bond acceptors (Lipinski definition) is 8. The van der Waals surface area contributed by atoms with Crippen LogP contribution in [-0.4, -0.2) is 102 Å². The van der Waals surface area contributed by atoms with Crippen molar-refractivity contribution in [2.24, 2.45) is 17.8 Å². The van der Waals surface area contributed by atoms with Gasteiger partial charge in [-0.15, -0.1) is 11.6 Å². The second kappa shape index (κ2) is 20.5. The maximum atomic E-state index is 14.4. The van der Waals surface area contributed by atoms with E-state index < -0.39 is 18.1 Å². The number of carbonyl (C=O) groups excluding carboxylic acids is 6. The molecule has 1 saturated heterocycles. The highest BCUT2D eigenvalue weighted by molar-refractivity contribution is 6.19. The maximum Gasteiger partial charge on any atom is 0.415 e. The molecule has 13 heteroatoms. The molecule has 342 valence electrons. The van der Waals surface area contributed by atoms with Crippen LogP contribution in [0.1, 0.15) is 97.3 Å². The summed E-state index contributed by atoms with van der Waals surface area (Å²) in [7, 11) is 2.03. The van der Waals surface area contributed by atoms with E-state index >= 15 is 0 Å². The maximum absolute atomic E-state index is 14.4. The monoisotopic (exact) mass is 901 g/mol. The Morgan fingerprint density at radius 2 is 1.49 bits per heavy atom. The summed E-state index contributed by atoms with van der Waals surface area (Å²) >= 11 is 6.55. The first kappa shape index (κ1) is 47.1. The summed E-state index contributed by atoms with van der Waals surface area (Å²) in [5.74, 6) is -0.348. The van der Waals surface area contributed by atoms with E-state index in [9.17, 15) is 28.8 Å². The van der Waals surface area contributed by atoms with Crippen molar-refractivity contribution in [3.05, 3.63) is 107 Å². The van der Waals surface area contributed by atoms with Crippen molar-refractivity contribution in [3.8, 4) is 5.75 Å². The molecule has 0 radical (unpaired) electrons. The second-order valence-electron chi connectivity index (χ2n) is 18.7. The topological polar surface area (TPSA) is 149 Å². The lowest BCUT2D eigenvalue weighted by atomic mass is 9.90. The first-order valence-corrected chi connectivity index (χ1v) is 23.3. The van der Waals surface area contributed by atoms with Gasteiger partial charge in [0.25, 0.3) is 5.91 Å². The minimum absolute atomic E-state index is 0.0582. The van der Waals surface area contributed by atoms with E-state index in [-0.39, 0.29) is 66.2 Å². The van der Waals surface area contributed by atoms with Gasteiger partial charge < -0.3 is 34.5 Å². The van der Waals surface area contributed by atoms with Crippen molar-refractivity contribution < 1.29 is 33.5 Å². The third-order valence-corrected chi connectivity index (χ3v) is 12.9. The number of Topliss-reactive ketones (excluding diaryl/α,β-unsaturated/α-hetero) is 3. The van der Waals surface area contributed by atoms with E-state index in [4.69, 9.17) is 16.3 Å². The highest BCUT2D eigenvalue weighted by atomic mass is 35.5. The molecule has 4 aromatic carbocycles. The first-order chi connectivity index (χ1) is 31.1. The number of rotatable bonds is 17. The number of hydrogen-bond donors (Lipinski definition) is 2. The Morgan fingerprint density at radius 3 is 2.15 bits per heavy atom. The van der Waals surface area contributed by atoms with E-state index in [0.29, 0.717) is 61.1 Å². The molecule has 2 N–H and O–H groups in total. The number of ether oxygens (including phenoxy) is 1. The largest absolute Gasteiger partial charge is 0.415 e. The number of nitrogens with zero attached hydrogens (tertiary/aromatic N) is 3. The Bertz CT molecular complexity index is 2590. The van der Waals surface area contributed by atoms with Gasteiger partial charge in [0.05, 0.1) is 11.7 Å². The molecule has 3 atom stereocenters. The number of anilines is 1. The predicted molar refractivity (Wildman–Crippen MR) is 255 cm³/mol. The highest BCUT2D eigenvalue weighted by Gasteiger charge is 2.36. The quantitative estimate of drug-likeness (QED) is 0.0696. The standard InChI is InChI=1S/C52H60ClN5O7/c1-31(2)21-38(23-33(5)59)50(62)55-43(22-32(3)4)47(61)25-34-11-14-36(15-12-34)46(60)26-35-13-16-42-37(24-35)27-44(54-42)51(63)58-30-39(29-53)49-41-10-8-7-9-40(41)48(28-45(49)58)65-52(64)57-19-17-56(6)18-20-57/h7-16,24,27-28,31-32,38-39,43,54H,17-23,25-26,29-30H2,1-6H3,(H,55,62)/t38-,39-,43+/m1/s1. The number of H-pyrrole nitrogens is 1. The van der Waals surface area contributed by atoms with Gasteiger partial charge in [0.2, 0.25) is 5.91 Å². The van der Waals surface area contributed by atoms with Crippen molar-refractivity contribution in [3.63, 3.8) is 0 Å².